The summed E-state index contributed by atoms with van der Waals surface area (Å²) in [6, 6.07) is 8.94. The van der Waals surface area contributed by atoms with Crippen molar-refractivity contribution in [3.05, 3.63) is 24.3 Å². The summed E-state index contributed by atoms with van der Waals surface area (Å²) in [4.78, 5) is 5.09. The lowest BCUT2D eigenvalue weighted by molar-refractivity contribution is 0.231. The summed E-state index contributed by atoms with van der Waals surface area (Å²) in [5.74, 6) is 0.769. The molecular weight excluding hydrogens is 258 g/mol. The molecule has 0 saturated carbocycles. The Morgan fingerprint density at radius 2 is 1.71 bits per heavy atom. The summed E-state index contributed by atoms with van der Waals surface area (Å²) in [5, 5.41) is 3.48. The topological polar surface area (TPSA) is 18.5 Å². The van der Waals surface area contributed by atoms with Crippen molar-refractivity contribution in [3.8, 4) is 0 Å². The molecule has 1 aliphatic heterocycles. The second kappa shape index (κ2) is 8.28. The number of nitrogens with zero attached hydrogens (tertiary/aromatic N) is 2. The van der Waals surface area contributed by atoms with Gasteiger partial charge in [0.1, 0.15) is 0 Å². The Bertz CT molecular complexity index is 391. The average molecular weight is 289 g/mol. The van der Waals surface area contributed by atoms with E-state index in [4.69, 9.17) is 0 Å². The van der Waals surface area contributed by atoms with Crippen molar-refractivity contribution in [1.29, 1.82) is 0 Å². The van der Waals surface area contributed by atoms with E-state index in [1.165, 1.54) is 43.9 Å². The van der Waals surface area contributed by atoms with Gasteiger partial charge in [-0.15, -0.1) is 0 Å². The summed E-state index contributed by atoms with van der Waals surface area (Å²) in [6.07, 6.45) is 2.48. The van der Waals surface area contributed by atoms with Crippen molar-refractivity contribution in [2.45, 2.75) is 33.6 Å². The van der Waals surface area contributed by atoms with Crippen LogP contribution in [0.2, 0.25) is 0 Å². The van der Waals surface area contributed by atoms with E-state index >= 15 is 0 Å². The fraction of sp³-hybridized carbons (Fsp3) is 0.667. The summed E-state index contributed by atoms with van der Waals surface area (Å²) < 4.78 is 0. The highest BCUT2D eigenvalue weighted by Gasteiger charge is 2.17. The van der Waals surface area contributed by atoms with Crippen LogP contribution in [0.1, 0.15) is 33.6 Å². The van der Waals surface area contributed by atoms with E-state index in [9.17, 15) is 0 Å². The number of benzene rings is 1. The monoisotopic (exact) mass is 289 g/mol. The number of piperazine rings is 1. The van der Waals surface area contributed by atoms with Crippen LogP contribution < -0.4 is 10.2 Å². The van der Waals surface area contributed by atoms with Crippen LogP contribution in [0.15, 0.2) is 24.3 Å². The Morgan fingerprint density at radius 1 is 1.05 bits per heavy atom. The number of unbranched alkanes of at least 4 members (excludes halogenated alkanes) is 1. The van der Waals surface area contributed by atoms with Gasteiger partial charge in [0, 0.05) is 50.6 Å². The van der Waals surface area contributed by atoms with E-state index in [0.717, 1.165) is 25.6 Å². The van der Waals surface area contributed by atoms with E-state index < -0.39 is 0 Å². The van der Waals surface area contributed by atoms with Crippen LogP contribution in [0, 0.1) is 5.92 Å². The van der Waals surface area contributed by atoms with E-state index in [-0.39, 0.29) is 0 Å². The number of anilines is 2. The predicted molar refractivity (Wildman–Crippen MR) is 93.3 cm³/mol. The third-order valence-corrected chi connectivity index (χ3v) is 4.09. The maximum Gasteiger partial charge on any atom is 0.0368 e. The van der Waals surface area contributed by atoms with Crippen molar-refractivity contribution in [2.75, 3.05) is 49.5 Å². The van der Waals surface area contributed by atoms with Crippen LogP contribution >= 0.6 is 0 Å². The van der Waals surface area contributed by atoms with E-state index in [0.29, 0.717) is 0 Å². The summed E-state index contributed by atoms with van der Waals surface area (Å²) in [7, 11) is 0. The molecule has 1 saturated heterocycles. The zero-order valence-corrected chi connectivity index (χ0v) is 13.9. The lowest BCUT2D eigenvalue weighted by atomic mass is 10.1. The van der Waals surface area contributed by atoms with Crippen LogP contribution in [0.5, 0.6) is 0 Å². The fourth-order valence-corrected chi connectivity index (χ4v) is 2.90. The lowest BCUT2D eigenvalue weighted by Gasteiger charge is -2.36. The minimum atomic E-state index is 0.769. The van der Waals surface area contributed by atoms with Gasteiger partial charge in [0.2, 0.25) is 0 Å². The molecule has 1 aliphatic rings. The summed E-state index contributed by atoms with van der Waals surface area (Å²) >= 11 is 0. The first-order valence-corrected chi connectivity index (χ1v) is 8.50. The predicted octanol–water partition coefficient (Wildman–Crippen LogP) is 3.68. The molecule has 0 spiro atoms. The van der Waals surface area contributed by atoms with Gasteiger partial charge in [-0.3, -0.25) is 4.90 Å². The van der Waals surface area contributed by atoms with Crippen LogP contribution in [-0.2, 0) is 0 Å². The number of hydrogen-bond donors (Lipinski definition) is 1. The van der Waals surface area contributed by atoms with E-state index in [2.05, 4.69) is 60.2 Å². The van der Waals surface area contributed by atoms with Gasteiger partial charge in [-0.25, -0.2) is 0 Å². The molecule has 0 amide bonds. The molecule has 3 heteroatoms. The SMILES string of the molecule is CCCCNc1ccc(N2CCN(CC(C)C)CC2)cc1. The van der Waals surface area contributed by atoms with Crippen LogP contribution in [0.25, 0.3) is 0 Å². The molecule has 118 valence electrons. The highest BCUT2D eigenvalue weighted by Crippen LogP contribution is 2.19. The second-order valence-electron chi connectivity index (χ2n) is 6.51. The molecule has 1 aromatic carbocycles. The molecule has 0 unspecified atom stereocenters. The number of nitrogens with one attached hydrogen (secondary N) is 1. The quantitative estimate of drug-likeness (QED) is 0.773. The smallest absolute Gasteiger partial charge is 0.0368 e. The Balaban J connectivity index is 1.80. The number of hydrogen-bond acceptors (Lipinski definition) is 3. The largest absolute Gasteiger partial charge is 0.385 e. The molecule has 1 heterocycles. The third-order valence-electron chi connectivity index (χ3n) is 4.09. The maximum absolute atomic E-state index is 3.48. The van der Waals surface area contributed by atoms with Gasteiger partial charge in [-0.2, -0.15) is 0 Å². The Hall–Kier alpha value is -1.22. The maximum atomic E-state index is 3.48. The first-order chi connectivity index (χ1) is 10.2. The zero-order valence-electron chi connectivity index (χ0n) is 13.9. The molecule has 2 rings (SSSR count). The third kappa shape index (κ3) is 5.24. The molecule has 0 radical (unpaired) electrons. The first kappa shape index (κ1) is 16.2. The van der Waals surface area contributed by atoms with Gasteiger partial charge < -0.3 is 10.2 Å². The molecule has 0 bridgehead atoms. The fourth-order valence-electron chi connectivity index (χ4n) is 2.90. The lowest BCUT2D eigenvalue weighted by Crippen LogP contribution is -2.47. The molecule has 0 atom stereocenters. The van der Waals surface area contributed by atoms with Gasteiger partial charge >= 0.3 is 0 Å². The normalized spacial score (nSPS) is 16.5. The van der Waals surface area contributed by atoms with Gasteiger partial charge in [0.25, 0.3) is 0 Å². The highest BCUT2D eigenvalue weighted by molar-refractivity contribution is 5.55. The van der Waals surface area contributed by atoms with Crippen molar-refractivity contribution in [2.24, 2.45) is 5.92 Å². The van der Waals surface area contributed by atoms with Gasteiger partial charge in [0.15, 0.2) is 0 Å². The van der Waals surface area contributed by atoms with Crippen LogP contribution in [0.3, 0.4) is 0 Å². The van der Waals surface area contributed by atoms with Crippen LogP contribution in [0.4, 0.5) is 11.4 Å². The molecule has 1 N–H and O–H groups in total. The molecular formula is C18H31N3. The standard InChI is InChI=1S/C18H31N3/c1-4-5-10-19-17-6-8-18(9-7-17)21-13-11-20(12-14-21)15-16(2)3/h6-9,16,19H,4-5,10-15H2,1-3H3. The molecule has 0 aromatic heterocycles. The van der Waals surface area contributed by atoms with Crippen LogP contribution in [-0.4, -0.2) is 44.2 Å². The minimum absolute atomic E-state index is 0.769. The van der Waals surface area contributed by atoms with Crippen molar-refractivity contribution < 1.29 is 0 Å². The van der Waals surface area contributed by atoms with Crippen molar-refractivity contribution in [3.63, 3.8) is 0 Å². The molecule has 1 aromatic rings. The second-order valence-corrected chi connectivity index (χ2v) is 6.51. The Morgan fingerprint density at radius 3 is 2.29 bits per heavy atom. The zero-order chi connectivity index (χ0) is 15.1. The average Bonchev–Trinajstić information content (AvgIpc) is 2.49. The number of rotatable bonds is 7. The van der Waals surface area contributed by atoms with Gasteiger partial charge in [-0.1, -0.05) is 27.2 Å². The van der Waals surface area contributed by atoms with Crippen molar-refractivity contribution in [1.82, 2.24) is 4.90 Å². The van der Waals surface area contributed by atoms with Crippen molar-refractivity contribution >= 4 is 11.4 Å². The Labute approximate surface area is 130 Å². The molecule has 21 heavy (non-hydrogen) atoms. The van der Waals surface area contributed by atoms with Gasteiger partial charge in [0.05, 0.1) is 0 Å². The van der Waals surface area contributed by atoms with E-state index in [1.54, 1.807) is 0 Å². The molecule has 3 nitrogen and oxygen atoms in total. The highest BCUT2D eigenvalue weighted by atomic mass is 15.3. The first-order valence-electron chi connectivity index (χ1n) is 8.50. The summed E-state index contributed by atoms with van der Waals surface area (Å²) in [6.45, 7) is 13.8. The summed E-state index contributed by atoms with van der Waals surface area (Å²) in [5.41, 5.74) is 2.60. The molecule has 1 fully saturated rings. The minimum Gasteiger partial charge on any atom is -0.385 e. The van der Waals surface area contributed by atoms with E-state index in [1.807, 2.05) is 0 Å². The Kier molecular flexibility index (Phi) is 6.37. The molecule has 0 aliphatic carbocycles. The van der Waals surface area contributed by atoms with Gasteiger partial charge in [-0.05, 0) is 36.6 Å².